The number of nitrogens with one attached hydrogen (secondary N) is 1. The van der Waals surface area contributed by atoms with Gasteiger partial charge in [-0.05, 0) is 61.7 Å². The molecule has 150 valence electrons. The van der Waals surface area contributed by atoms with Crippen LogP contribution in [0.1, 0.15) is 48.0 Å². The number of aryl methyl sites for hydroxylation is 1. The zero-order chi connectivity index (χ0) is 20.3. The van der Waals surface area contributed by atoms with Gasteiger partial charge in [0, 0.05) is 18.7 Å². The van der Waals surface area contributed by atoms with Gasteiger partial charge in [-0.3, -0.25) is 4.79 Å². The van der Waals surface area contributed by atoms with E-state index in [0.29, 0.717) is 0 Å². The zero-order valence-electron chi connectivity index (χ0n) is 16.1. The lowest BCUT2D eigenvalue weighted by molar-refractivity contribution is 0.102. The molecule has 0 bridgehead atoms. The lowest BCUT2D eigenvalue weighted by atomic mass is 9.96. The van der Waals surface area contributed by atoms with Crippen molar-refractivity contribution >= 4 is 21.6 Å². The summed E-state index contributed by atoms with van der Waals surface area (Å²) < 4.78 is 41.0. The van der Waals surface area contributed by atoms with E-state index in [2.05, 4.69) is 5.32 Å². The lowest BCUT2D eigenvalue weighted by Gasteiger charge is -2.30. The molecule has 1 aliphatic rings. The fraction of sp³-hybridized carbons (Fsp3) is 0.381. The van der Waals surface area contributed by atoms with E-state index >= 15 is 0 Å². The Morgan fingerprint density at radius 1 is 1.07 bits per heavy atom. The number of sulfonamides is 1. The molecule has 1 aliphatic carbocycles. The van der Waals surface area contributed by atoms with Crippen molar-refractivity contribution in [1.29, 1.82) is 0 Å². The lowest BCUT2D eigenvalue weighted by Crippen LogP contribution is -2.38. The van der Waals surface area contributed by atoms with E-state index in [0.717, 1.165) is 37.7 Å². The average molecular weight is 405 g/mol. The van der Waals surface area contributed by atoms with Crippen LogP contribution in [0.5, 0.6) is 0 Å². The number of carbonyl (C=O) groups is 1. The third-order valence-electron chi connectivity index (χ3n) is 5.25. The summed E-state index contributed by atoms with van der Waals surface area (Å²) in [6.45, 7) is 1.80. The maximum atomic E-state index is 13.8. The first kappa shape index (κ1) is 20.5. The van der Waals surface area contributed by atoms with Crippen LogP contribution in [0.25, 0.3) is 0 Å². The minimum absolute atomic E-state index is 0.0195. The molecular formula is C21H25FN2O3S. The van der Waals surface area contributed by atoms with Gasteiger partial charge in [0.15, 0.2) is 0 Å². The van der Waals surface area contributed by atoms with Crippen LogP contribution in [0.4, 0.5) is 10.1 Å². The largest absolute Gasteiger partial charge is 0.319 e. The summed E-state index contributed by atoms with van der Waals surface area (Å²) in [6, 6.07) is 10.2. The summed E-state index contributed by atoms with van der Waals surface area (Å²) in [5.41, 5.74) is 1.18. The molecule has 5 nitrogen and oxygen atoms in total. The summed E-state index contributed by atoms with van der Waals surface area (Å²) in [7, 11) is -1.99. The fourth-order valence-corrected chi connectivity index (χ4v) is 4.93. The van der Waals surface area contributed by atoms with Crippen LogP contribution in [0.15, 0.2) is 47.4 Å². The van der Waals surface area contributed by atoms with Gasteiger partial charge in [-0.2, -0.15) is 4.31 Å². The van der Waals surface area contributed by atoms with Crippen molar-refractivity contribution in [3.63, 3.8) is 0 Å². The molecule has 0 aliphatic heterocycles. The highest BCUT2D eigenvalue weighted by Crippen LogP contribution is 2.26. The van der Waals surface area contributed by atoms with Crippen LogP contribution < -0.4 is 5.32 Å². The zero-order valence-corrected chi connectivity index (χ0v) is 16.9. The third kappa shape index (κ3) is 4.42. The van der Waals surface area contributed by atoms with Gasteiger partial charge in [-0.1, -0.05) is 25.3 Å². The van der Waals surface area contributed by atoms with Gasteiger partial charge in [-0.25, -0.2) is 12.8 Å². The van der Waals surface area contributed by atoms with Gasteiger partial charge >= 0.3 is 0 Å². The molecular weight excluding hydrogens is 379 g/mol. The molecule has 0 unspecified atom stereocenters. The maximum absolute atomic E-state index is 13.8. The number of hydrogen-bond donors (Lipinski definition) is 1. The van der Waals surface area contributed by atoms with Crippen LogP contribution in [-0.2, 0) is 10.0 Å². The Balaban J connectivity index is 1.75. The van der Waals surface area contributed by atoms with E-state index in [1.807, 2.05) is 0 Å². The van der Waals surface area contributed by atoms with Gasteiger partial charge in [0.1, 0.15) is 5.82 Å². The number of anilines is 1. The highest BCUT2D eigenvalue weighted by Gasteiger charge is 2.29. The Morgan fingerprint density at radius 3 is 2.36 bits per heavy atom. The molecule has 2 aromatic rings. The van der Waals surface area contributed by atoms with E-state index in [9.17, 15) is 17.6 Å². The standard InChI is InChI=1S/C21H25FN2O3S/c1-15-8-13-19(22)20(14-15)23-21(25)16-9-11-18(12-10-16)28(26,27)24(2)17-6-4-3-5-7-17/h8-14,17H,3-7H2,1-2H3,(H,23,25). The van der Waals surface area contributed by atoms with Crippen molar-refractivity contribution in [2.75, 3.05) is 12.4 Å². The molecule has 0 saturated heterocycles. The van der Waals surface area contributed by atoms with E-state index in [1.54, 1.807) is 26.1 Å². The minimum Gasteiger partial charge on any atom is -0.319 e. The predicted molar refractivity (Wildman–Crippen MR) is 107 cm³/mol. The molecule has 7 heteroatoms. The van der Waals surface area contributed by atoms with Crippen LogP contribution >= 0.6 is 0 Å². The molecule has 0 radical (unpaired) electrons. The van der Waals surface area contributed by atoms with Crippen LogP contribution in [0.3, 0.4) is 0 Å². The first-order valence-electron chi connectivity index (χ1n) is 9.44. The van der Waals surface area contributed by atoms with Crippen molar-refractivity contribution in [3.05, 3.63) is 59.4 Å². The molecule has 3 rings (SSSR count). The predicted octanol–water partition coefficient (Wildman–Crippen LogP) is 4.34. The second-order valence-corrected chi connectivity index (χ2v) is 9.27. The van der Waals surface area contributed by atoms with Gasteiger partial charge in [0.05, 0.1) is 10.6 Å². The van der Waals surface area contributed by atoms with Crippen molar-refractivity contribution < 1.29 is 17.6 Å². The van der Waals surface area contributed by atoms with Gasteiger partial charge in [-0.15, -0.1) is 0 Å². The van der Waals surface area contributed by atoms with Crippen molar-refractivity contribution in [1.82, 2.24) is 4.31 Å². The number of halogens is 1. The van der Waals surface area contributed by atoms with Crippen molar-refractivity contribution in [2.24, 2.45) is 0 Å². The molecule has 1 saturated carbocycles. The first-order valence-corrected chi connectivity index (χ1v) is 10.9. The fourth-order valence-electron chi connectivity index (χ4n) is 3.51. The maximum Gasteiger partial charge on any atom is 0.255 e. The Morgan fingerprint density at radius 2 is 1.71 bits per heavy atom. The molecule has 0 spiro atoms. The van der Waals surface area contributed by atoms with Gasteiger partial charge in [0.2, 0.25) is 10.0 Å². The molecule has 0 heterocycles. The molecule has 2 aromatic carbocycles. The molecule has 1 N–H and O–H groups in total. The number of rotatable bonds is 5. The van der Waals surface area contributed by atoms with Crippen LogP contribution in [0, 0.1) is 12.7 Å². The Labute approximate surface area is 165 Å². The number of hydrogen-bond acceptors (Lipinski definition) is 3. The summed E-state index contributed by atoms with van der Waals surface area (Å²) in [5.74, 6) is -1.01. The quantitative estimate of drug-likeness (QED) is 0.806. The summed E-state index contributed by atoms with van der Waals surface area (Å²) >= 11 is 0. The van der Waals surface area contributed by atoms with Crippen LogP contribution in [0.2, 0.25) is 0 Å². The molecule has 1 amide bonds. The topological polar surface area (TPSA) is 66.5 Å². The molecule has 0 atom stereocenters. The number of benzene rings is 2. The second-order valence-electron chi connectivity index (χ2n) is 7.27. The van der Waals surface area contributed by atoms with Gasteiger partial charge < -0.3 is 5.32 Å². The van der Waals surface area contributed by atoms with Crippen LogP contribution in [-0.4, -0.2) is 31.7 Å². The van der Waals surface area contributed by atoms with E-state index in [1.165, 1.54) is 34.6 Å². The van der Waals surface area contributed by atoms with Crippen molar-refractivity contribution in [2.45, 2.75) is 50.0 Å². The molecule has 1 fully saturated rings. The van der Waals surface area contributed by atoms with Gasteiger partial charge in [0.25, 0.3) is 5.91 Å². The van der Waals surface area contributed by atoms with E-state index < -0.39 is 21.7 Å². The smallest absolute Gasteiger partial charge is 0.255 e. The number of amides is 1. The van der Waals surface area contributed by atoms with E-state index in [-0.39, 0.29) is 22.2 Å². The summed E-state index contributed by atoms with van der Waals surface area (Å²) in [4.78, 5) is 12.5. The SMILES string of the molecule is Cc1ccc(F)c(NC(=O)c2ccc(S(=O)(=O)N(C)C3CCCCC3)cc2)c1. The highest BCUT2D eigenvalue weighted by atomic mass is 32.2. The minimum atomic E-state index is -3.61. The first-order chi connectivity index (χ1) is 13.3. The monoisotopic (exact) mass is 404 g/mol. The summed E-state index contributed by atoms with van der Waals surface area (Å²) in [6.07, 6.45) is 4.98. The average Bonchev–Trinajstić information content (AvgIpc) is 2.71. The molecule has 28 heavy (non-hydrogen) atoms. The number of nitrogens with zero attached hydrogens (tertiary/aromatic N) is 1. The molecule has 0 aromatic heterocycles. The number of carbonyl (C=O) groups excluding carboxylic acids is 1. The van der Waals surface area contributed by atoms with Crippen molar-refractivity contribution in [3.8, 4) is 0 Å². The Hall–Kier alpha value is -2.25. The normalized spacial score (nSPS) is 15.6. The van der Waals surface area contributed by atoms with E-state index in [4.69, 9.17) is 0 Å². The highest BCUT2D eigenvalue weighted by molar-refractivity contribution is 7.89. The third-order valence-corrected chi connectivity index (χ3v) is 7.18. The second kappa shape index (κ2) is 8.41. The Bertz CT molecular complexity index is 952. The Kier molecular flexibility index (Phi) is 6.15. The summed E-state index contributed by atoms with van der Waals surface area (Å²) in [5, 5.41) is 2.53.